The minimum Gasteiger partial charge on any atom is -0.469 e. The molecule has 0 bridgehead atoms. The van der Waals surface area contributed by atoms with Gasteiger partial charge in [0.05, 0.1) is 19.6 Å². The quantitative estimate of drug-likeness (QED) is 0.713. The lowest BCUT2D eigenvalue weighted by molar-refractivity contribution is -0.148. The Hall–Kier alpha value is -1.10. The highest BCUT2D eigenvalue weighted by Gasteiger charge is 2.28. The highest BCUT2D eigenvalue weighted by Crippen LogP contribution is 2.18. The van der Waals surface area contributed by atoms with E-state index in [0.717, 1.165) is 45.3 Å². The standard InChI is InChI=1S/C14H24N2O3/c1-19-14(18)12-6-5-7-15(10-12)11-13(17)16-8-3-2-4-9-16/h12H,2-11H2,1H3. The van der Waals surface area contributed by atoms with Crippen molar-refractivity contribution in [3.8, 4) is 0 Å². The number of rotatable bonds is 3. The summed E-state index contributed by atoms with van der Waals surface area (Å²) in [4.78, 5) is 27.8. The maximum absolute atomic E-state index is 12.2. The van der Waals surface area contributed by atoms with Gasteiger partial charge in [-0.15, -0.1) is 0 Å². The van der Waals surface area contributed by atoms with Gasteiger partial charge < -0.3 is 9.64 Å². The van der Waals surface area contributed by atoms with Gasteiger partial charge in [0, 0.05) is 19.6 Å². The minimum absolute atomic E-state index is 0.0621. The van der Waals surface area contributed by atoms with Gasteiger partial charge in [-0.2, -0.15) is 0 Å². The summed E-state index contributed by atoms with van der Waals surface area (Å²) >= 11 is 0. The predicted octanol–water partition coefficient (Wildman–Crippen LogP) is 0.884. The van der Waals surface area contributed by atoms with Crippen LogP contribution < -0.4 is 0 Å². The smallest absolute Gasteiger partial charge is 0.309 e. The van der Waals surface area contributed by atoms with Crippen LogP contribution in [0.2, 0.25) is 0 Å². The van der Waals surface area contributed by atoms with Crippen LogP contribution in [-0.4, -0.2) is 61.5 Å². The van der Waals surface area contributed by atoms with Crippen molar-refractivity contribution in [3.63, 3.8) is 0 Å². The third-order valence-electron chi connectivity index (χ3n) is 4.11. The lowest BCUT2D eigenvalue weighted by Gasteiger charge is -2.33. The number of hydrogen-bond donors (Lipinski definition) is 0. The van der Waals surface area contributed by atoms with Crippen molar-refractivity contribution in [2.24, 2.45) is 5.92 Å². The molecule has 2 saturated heterocycles. The summed E-state index contributed by atoms with van der Waals surface area (Å²) in [6.07, 6.45) is 5.32. The molecule has 1 atom stereocenters. The van der Waals surface area contributed by atoms with Gasteiger partial charge in [0.1, 0.15) is 0 Å². The molecule has 2 aliphatic rings. The molecule has 0 spiro atoms. The Labute approximate surface area is 114 Å². The average Bonchev–Trinajstić information content (AvgIpc) is 2.47. The molecule has 5 nitrogen and oxygen atoms in total. The summed E-state index contributed by atoms with van der Waals surface area (Å²) < 4.78 is 4.80. The lowest BCUT2D eigenvalue weighted by atomic mass is 9.98. The first-order chi connectivity index (χ1) is 9.20. The fraction of sp³-hybridized carbons (Fsp3) is 0.857. The van der Waals surface area contributed by atoms with Gasteiger partial charge in [-0.25, -0.2) is 0 Å². The Morgan fingerprint density at radius 3 is 2.53 bits per heavy atom. The summed E-state index contributed by atoms with van der Waals surface area (Å²) in [5, 5.41) is 0. The molecule has 2 heterocycles. The summed E-state index contributed by atoms with van der Waals surface area (Å²) in [6, 6.07) is 0. The molecule has 5 heteroatoms. The maximum atomic E-state index is 12.2. The zero-order chi connectivity index (χ0) is 13.7. The summed E-state index contributed by atoms with van der Waals surface area (Å²) in [7, 11) is 1.43. The van der Waals surface area contributed by atoms with E-state index in [4.69, 9.17) is 4.74 Å². The van der Waals surface area contributed by atoms with Crippen molar-refractivity contribution in [1.29, 1.82) is 0 Å². The van der Waals surface area contributed by atoms with Crippen molar-refractivity contribution >= 4 is 11.9 Å². The normalized spacial score (nSPS) is 25.1. The van der Waals surface area contributed by atoms with E-state index in [2.05, 4.69) is 4.90 Å². The second-order valence-electron chi connectivity index (χ2n) is 5.54. The Morgan fingerprint density at radius 1 is 1.11 bits per heavy atom. The molecule has 0 aromatic heterocycles. The van der Waals surface area contributed by atoms with E-state index >= 15 is 0 Å². The summed E-state index contributed by atoms with van der Waals surface area (Å²) in [5.41, 5.74) is 0. The molecule has 19 heavy (non-hydrogen) atoms. The number of nitrogens with zero attached hydrogens (tertiary/aromatic N) is 2. The molecule has 0 aliphatic carbocycles. The molecule has 2 rings (SSSR count). The molecular weight excluding hydrogens is 244 g/mol. The van der Waals surface area contributed by atoms with Gasteiger partial charge in [-0.05, 0) is 38.6 Å². The minimum atomic E-state index is -0.143. The fourth-order valence-corrected chi connectivity index (χ4v) is 2.99. The van der Waals surface area contributed by atoms with Crippen molar-refractivity contribution in [3.05, 3.63) is 0 Å². The Kier molecular flexibility index (Phi) is 5.19. The van der Waals surface area contributed by atoms with Crippen LogP contribution >= 0.6 is 0 Å². The van der Waals surface area contributed by atoms with Crippen LogP contribution in [0.4, 0.5) is 0 Å². The Balaban J connectivity index is 1.81. The van der Waals surface area contributed by atoms with Gasteiger partial charge in [0.2, 0.25) is 5.91 Å². The number of piperidine rings is 2. The molecule has 0 saturated carbocycles. The van der Waals surface area contributed by atoms with Gasteiger partial charge in [0.25, 0.3) is 0 Å². The van der Waals surface area contributed by atoms with Crippen molar-refractivity contribution in [2.75, 3.05) is 39.8 Å². The lowest BCUT2D eigenvalue weighted by Crippen LogP contribution is -2.46. The number of carbonyl (C=O) groups is 2. The maximum Gasteiger partial charge on any atom is 0.309 e. The second kappa shape index (κ2) is 6.89. The zero-order valence-corrected chi connectivity index (χ0v) is 11.8. The fourth-order valence-electron chi connectivity index (χ4n) is 2.99. The van der Waals surface area contributed by atoms with Gasteiger partial charge >= 0.3 is 5.97 Å². The molecule has 2 fully saturated rings. The summed E-state index contributed by atoms with van der Waals surface area (Å²) in [5.74, 6) is 0.00763. The second-order valence-corrected chi connectivity index (χ2v) is 5.54. The van der Waals surface area contributed by atoms with Crippen LogP contribution in [-0.2, 0) is 14.3 Å². The third kappa shape index (κ3) is 3.93. The molecule has 108 valence electrons. The van der Waals surface area contributed by atoms with E-state index in [-0.39, 0.29) is 17.8 Å². The van der Waals surface area contributed by atoms with E-state index in [1.165, 1.54) is 13.5 Å². The summed E-state index contributed by atoms with van der Waals surface area (Å²) in [6.45, 7) is 3.81. The molecule has 0 radical (unpaired) electrons. The van der Waals surface area contributed by atoms with E-state index in [1.54, 1.807) is 0 Å². The van der Waals surface area contributed by atoms with E-state index in [0.29, 0.717) is 13.1 Å². The molecule has 0 aromatic carbocycles. The average molecular weight is 268 g/mol. The largest absolute Gasteiger partial charge is 0.469 e. The topological polar surface area (TPSA) is 49.9 Å². The zero-order valence-electron chi connectivity index (χ0n) is 11.8. The molecule has 0 N–H and O–H groups in total. The van der Waals surface area contributed by atoms with Crippen LogP contribution in [0, 0.1) is 5.92 Å². The first-order valence-electron chi connectivity index (χ1n) is 7.28. The number of amides is 1. The van der Waals surface area contributed by atoms with Gasteiger partial charge in [0.15, 0.2) is 0 Å². The van der Waals surface area contributed by atoms with Crippen molar-refractivity contribution in [2.45, 2.75) is 32.1 Å². The highest BCUT2D eigenvalue weighted by molar-refractivity contribution is 5.78. The monoisotopic (exact) mass is 268 g/mol. The highest BCUT2D eigenvalue weighted by atomic mass is 16.5. The predicted molar refractivity (Wildman–Crippen MR) is 71.6 cm³/mol. The van der Waals surface area contributed by atoms with Crippen LogP contribution in [0.25, 0.3) is 0 Å². The Morgan fingerprint density at radius 2 is 1.84 bits per heavy atom. The number of hydrogen-bond acceptors (Lipinski definition) is 4. The molecule has 2 aliphatic heterocycles. The van der Waals surface area contributed by atoms with Crippen LogP contribution in [0.5, 0.6) is 0 Å². The van der Waals surface area contributed by atoms with E-state index < -0.39 is 0 Å². The molecule has 1 unspecified atom stereocenters. The number of likely N-dealkylation sites (tertiary alicyclic amines) is 2. The first kappa shape index (κ1) is 14.3. The van der Waals surface area contributed by atoms with Gasteiger partial charge in [-0.3, -0.25) is 14.5 Å². The van der Waals surface area contributed by atoms with Crippen molar-refractivity contribution in [1.82, 2.24) is 9.80 Å². The Bertz CT molecular complexity index is 327. The number of ether oxygens (including phenoxy) is 1. The van der Waals surface area contributed by atoms with Crippen molar-refractivity contribution < 1.29 is 14.3 Å². The van der Waals surface area contributed by atoms with E-state index in [9.17, 15) is 9.59 Å². The first-order valence-corrected chi connectivity index (χ1v) is 7.28. The van der Waals surface area contributed by atoms with E-state index in [1.807, 2.05) is 4.90 Å². The van der Waals surface area contributed by atoms with Crippen LogP contribution in [0.1, 0.15) is 32.1 Å². The molecule has 0 aromatic rings. The SMILES string of the molecule is COC(=O)C1CCCN(CC(=O)N2CCCCC2)C1. The molecular formula is C14H24N2O3. The van der Waals surface area contributed by atoms with Gasteiger partial charge in [-0.1, -0.05) is 0 Å². The number of methoxy groups -OCH3 is 1. The van der Waals surface area contributed by atoms with Crippen LogP contribution in [0.15, 0.2) is 0 Å². The number of carbonyl (C=O) groups excluding carboxylic acids is 2. The number of esters is 1. The third-order valence-corrected chi connectivity index (χ3v) is 4.11. The van der Waals surface area contributed by atoms with Crippen LogP contribution in [0.3, 0.4) is 0 Å². The molecule has 1 amide bonds.